The van der Waals surface area contributed by atoms with E-state index < -0.39 is 11.5 Å². The van der Waals surface area contributed by atoms with Crippen LogP contribution in [-0.2, 0) is 0 Å². The van der Waals surface area contributed by atoms with Crippen molar-refractivity contribution in [3.8, 4) is 5.75 Å². The smallest absolute Gasteiger partial charge is 0.261 e. The third-order valence-electron chi connectivity index (χ3n) is 3.29. The van der Waals surface area contributed by atoms with Crippen molar-refractivity contribution in [2.24, 2.45) is 0 Å². The van der Waals surface area contributed by atoms with E-state index in [1.165, 1.54) is 30.3 Å². The quantitative estimate of drug-likeness (QED) is 0.428. The van der Waals surface area contributed by atoms with E-state index in [1.807, 2.05) is 0 Å². The maximum atomic E-state index is 12.2. The van der Waals surface area contributed by atoms with E-state index in [0.29, 0.717) is 22.3 Å². The van der Waals surface area contributed by atoms with E-state index in [1.54, 1.807) is 18.2 Å². The summed E-state index contributed by atoms with van der Waals surface area (Å²) in [7, 11) is 0. The van der Waals surface area contributed by atoms with E-state index in [4.69, 9.17) is 5.73 Å². The molecule has 0 aliphatic carbocycles. The summed E-state index contributed by atoms with van der Waals surface area (Å²) in [6.07, 6.45) is 0. The van der Waals surface area contributed by atoms with Crippen molar-refractivity contribution < 1.29 is 9.90 Å². The number of phenolic OH excluding ortho intramolecular Hbond substituents is 1. The van der Waals surface area contributed by atoms with Gasteiger partial charge in [-0.3, -0.25) is 9.59 Å². The first-order chi connectivity index (χ1) is 10.5. The van der Waals surface area contributed by atoms with Gasteiger partial charge in [0.05, 0.1) is 5.52 Å². The van der Waals surface area contributed by atoms with Gasteiger partial charge in [-0.25, -0.2) is 0 Å². The average molecular weight is 295 g/mol. The zero-order valence-corrected chi connectivity index (χ0v) is 11.5. The molecule has 0 unspecified atom stereocenters. The number of aromatic nitrogens is 1. The fourth-order valence-electron chi connectivity index (χ4n) is 2.16. The Kier molecular flexibility index (Phi) is 3.27. The first-order valence-electron chi connectivity index (χ1n) is 6.56. The summed E-state index contributed by atoms with van der Waals surface area (Å²) in [5.41, 5.74) is 6.87. The molecule has 2 aromatic carbocycles. The molecular formula is C16H13N3O3. The molecule has 1 amide bonds. The minimum Gasteiger partial charge on any atom is -0.508 e. The van der Waals surface area contributed by atoms with E-state index in [0.717, 1.165) is 0 Å². The van der Waals surface area contributed by atoms with Crippen LogP contribution in [-0.4, -0.2) is 16.0 Å². The lowest BCUT2D eigenvalue weighted by Crippen LogP contribution is -2.23. The van der Waals surface area contributed by atoms with Crippen LogP contribution in [0.3, 0.4) is 0 Å². The van der Waals surface area contributed by atoms with Gasteiger partial charge in [-0.1, -0.05) is 6.07 Å². The number of rotatable bonds is 2. The first kappa shape index (κ1) is 13.7. The summed E-state index contributed by atoms with van der Waals surface area (Å²) < 4.78 is 0. The Morgan fingerprint density at radius 3 is 2.59 bits per heavy atom. The van der Waals surface area contributed by atoms with Crippen LogP contribution in [0.4, 0.5) is 11.4 Å². The largest absolute Gasteiger partial charge is 0.508 e. The lowest BCUT2D eigenvalue weighted by molar-refractivity contribution is 0.102. The van der Waals surface area contributed by atoms with Gasteiger partial charge in [0.1, 0.15) is 11.3 Å². The van der Waals surface area contributed by atoms with Gasteiger partial charge < -0.3 is 21.1 Å². The number of carbonyl (C=O) groups is 1. The number of H-pyrrole nitrogens is 1. The van der Waals surface area contributed by atoms with E-state index in [9.17, 15) is 14.7 Å². The van der Waals surface area contributed by atoms with Gasteiger partial charge in [-0.15, -0.1) is 0 Å². The number of hydrogen-bond acceptors (Lipinski definition) is 4. The Morgan fingerprint density at radius 1 is 1.14 bits per heavy atom. The molecule has 3 aromatic rings. The second-order valence-corrected chi connectivity index (χ2v) is 4.82. The summed E-state index contributed by atoms with van der Waals surface area (Å²) in [5.74, 6) is -0.452. The lowest BCUT2D eigenvalue weighted by Gasteiger charge is -2.07. The van der Waals surface area contributed by atoms with Crippen molar-refractivity contribution in [3.05, 3.63) is 64.4 Å². The fraction of sp³-hybridized carbons (Fsp3) is 0. The third kappa shape index (κ3) is 2.49. The van der Waals surface area contributed by atoms with Crippen molar-refractivity contribution in [1.29, 1.82) is 0 Å². The number of pyridine rings is 1. The number of aromatic hydroxyl groups is 1. The van der Waals surface area contributed by atoms with Crippen molar-refractivity contribution in [3.63, 3.8) is 0 Å². The maximum absolute atomic E-state index is 12.2. The number of hydrogen-bond donors (Lipinski definition) is 4. The lowest BCUT2D eigenvalue weighted by atomic mass is 10.1. The van der Waals surface area contributed by atoms with E-state index >= 15 is 0 Å². The number of benzene rings is 2. The van der Waals surface area contributed by atoms with Crippen LogP contribution in [0.1, 0.15) is 10.4 Å². The van der Waals surface area contributed by atoms with Gasteiger partial charge in [-0.05, 0) is 42.5 Å². The molecule has 0 atom stereocenters. The molecule has 0 saturated heterocycles. The molecule has 6 nitrogen and oxygen atoms in total. The molecule has 0 spiro atoms. The maximum Gasteiger partial charge on any atom is 0.261 e. The Morgan fingerprint density at radius 2 is 1.86 bits per heavy atom. The highest BCUT2D eigenvalue weighted by molar-refractivity contribution is 6.06. The van der Waals surface area contributed by atoms with Crippen LogP contribution < -0.4 is 16.6 Å². The second kappa shape index (κ2) is 5.25. The number of amides is 1. The number of nitrogen functional groups attached to an aromatic ring is 1. The summed E-state index contributed by atoms with van der Waals surface area (Å²) in [5, 5.41) is 12.4. The molecule has 22 heavy (non-hydrogen) atoms. The normalized spacial score (nSPS) is 10.5. The molecular weight excluding hydrogens is 282 g/mol. The molecule has 0 aliphatic heterocycles. The molecule has 110 valence electrons. The topological polar surface area (TPSA) is 108 Å². The van der Waals surface area contributed by atoms with Crippen LogP contribution in [0.2, 0.25) is 0 Å². The molecule has 1 heterocycles. The number of phenols is 1. The molecule has 0 fully saturated rings. The van der Waals surface area contributed by atoms with E-state index in [2.05, 4.69) is 10.3 Å². The number of carbonyl (C=O) groups excluding carboxylic acids is 1. The van der Waals surface area contributed by atoms with Crippen molar-refractivity contribution in [2.45, 2.75) is 0 Å². The number of fused-ring (bicyclic) bond motifs is 1. The number of aromatic amines is 1. The van der Waals surface area contributed by atoms with E-state index in [-0.39, 0.29) is 11.3 Å². The summed E-state index contributed by atoms with van der Waals surface area (Å²) >= 11 is 0. The summed E-state index contributed by atoms with van der Waals surface area (Å²) in [6, 6.07) is 12.6. The number of nitrogens with one attached hydrogen (secondary N) is 2. The third-order valence-corrected chi connectivity index (χ3v) is 3.29. The predicted octanol–water partition coefficient (Wildman–Crippen LogP) is 2.07. The molecule has 6 heteroatoms. The first-order valence-corrected chi connectivity index (χ1v) is 6.56. The zero-order valence-electron chi connectivity index (χ0n) is 11.5. The van der Waals surface area contributed by atoms with Gasteiger partial charge in [0.2, 0.25) is 0 Å². The standard InChI is InChI=1S/C16H13N3O3/c17-13-2-1-3-14-11(13)8-12(16(22)19-14)15(21)18-9-4-6-10(20)7-5-9/h1-8,20H,17H2,(H,18,21)(H,19,22). The highest BCUT2D eigenvalue weighted by Crippen LogP contribution is 2.19. The van der Waals surface area contributed by atoms with Gasteiger partial charge in [0.15, 0.2) is 0 Å². The average Bonchev–Trinajstić information content (AvgIpc) is 2.49. The molecule has 0 aliphatic rings. The predicted molar refractivity (Wildman–Crippen MR) is 85.0 cm³/mol. The molecule has 3 rings (SSSR count). The van der Waals surface area contributed by atoms with Crippen LogP contribution in [0, 0.1) is 0 Å². The van der Waals surface area contributed by atoms with Crippen LogP contribution in [0.25, 0.3) is 10.9 Å². The molecule has 0 radical (unpaired) electrons. The van der Waals surface area contributed by atoms with Gasteiger partial charge in [0.25, 0.3) is 11.5 Å². The van der Waals surface area contributed by atoms with Crippen LogP contribution in [0.5, 0.6) is 5.75 Å². The van der Waals surface area contributed by atoms with Gasteiger partial charge >= 0.3 is 0 Å². The minimum absolute atomic E-state index is 0.0292. The van der Waals surface area contributed by atoms with Gasteiger partial charge in [-0.2, -0.15) is 0 Å². The molecule has 0 bridgehead atoms. The highest BCUT2D eigenvalue weighted by atomic mass is 16.3. The molecule has 0 saturated carbocycles. The van der Waals surface area contributed by atoms with Crippen molar-refractivity contribution >= 4 is 28.2 Å². The van der Waals surface area contributed by atoms with Crippen LogP contribution >= 0.6 is 0 Å². The van der Waals surface area contributed by atoms with Crippen molar-refractivity contribution in [1.82, 2.24) is 4.98 Å². The zero-order chi connectivity index (χ0) is 15.7. The Hall–Kier alpha value is -3.28. The SMILES string of the molecule is Nc1cccc2[nH]c(=O)c(C(=O)Nc3ccc(O)cc3)cc12. The Bertz CT molecular complexity index is 914. The minimum atomic E-state index is -0.544. The monoisotopic (exact) mass is 295 g/mol. The summed E-state index contributed by atoms with van der Waals surface area (Å²) in [6.45, 7) is 0. The molecule has 5 N–H and O–H groups in total. The fourth-order valence-corrected chi connectivity index (χ4v) is 2.16. The Balaban J connectivity index is 2.00. The highest BCUT2D eigenvalue weighted by Gasteiger charge is 2.13. The Labute approximate surface area is 125 Å². The number of nitrogens with two attached hydrogens (primary N) is 1. The summed E-state index contributed by atoms with van der Waals surface area (Å²) in [4.78, 5) is 26.9. The second-order valence-electron chi connectivity index (χ2n) is 4.82. The van der Waals surface area contributed by atoms with Crippen LogP contribution in [0.15, 0.2) is 53.3 Å². The van der Waals surface area contributed by atoms with Crippen molar-refractivity contribution in [2.75, 3.05) is 11.1 Å². The van der Waals surface area contributed by atoms with Gasteiger partial charge in [0, 0.05) is 16.8 Å². The molecule has 1 aromatic heterocycles. The number of anilines is 2.